The number of carbonyl (C=O) groups is 2. The maximum Gasteiger partial charge on any atom is 0.331 e. The van der Waals surface area contributed by atoms with E-state index < -0.39 is 18.5 Å². The zero-order valence-electron chi connectivity index (χ0n) is 18.7. The van der Waals surface area contributed by atoms with Gasteiger partial charge in [-0.05, 0) is 53.9 Å². The van der Waals surface area contributed by atoms with Gasteiger partial charge in [-0.1, -0.05) is 18.2 Å². The summed E-state index contributed by atoms with van der Waals surface area (Å²) in [6, 6.07) is 20.6. The van der Waals surface area contributed by atoms with Crippen LogP contribution in [0, 0.1) is 11.3 Å². The summed E-state index contributed by atoms with van der Waals surface area (Å²) in [6.45, 7) is -0.472. The summed E-state index contributed by atoms with van der Waals surface area (Å²) in [5.41, 5.74) is 3.43. The molecule has 0 aliphatic carbocycles. The molecule has 0 aliphatic heterocycles. The Morgan fingerprint density at radius 3 is 2.63 bits per heavy atom. The zero-order valence-corrected chi connectivity index (χ0v) is 19.5. The van der Waals surface area contributed by atoms with Crippen molar-refractivity contribution in [3.8, 4) is 28.8 Å². The van der Waals surface area contributed by atoms with Crippen molar-refractivity contribution in [3.05, 3.63) is 89.4 Å². The number of nitrogens with zero attached hydrogens (tertiary/aromatic N) is 3. The number of anilines is 1. The van der Waals surface area contributed by atoms with E-state index >= 15 is 0 Å². The molecule has 0 unspecified atom stereocenters. The molecule has 0 saturated carbocycles. The van der Waals surface area contributed by atoms with Crippen LogP contribution in [0.15, 0.2) is 78.3 Å². The maximum atomic E-state index is 12.3. The van der Waals surface area contributed by atoms with Gasteiger partial charge >= 0.3 is 5.97 Å². The second-order valence-electron chi connectivity index (χ2n) is 7.21. The van der Waals surface area contributed by atoms with E-state index in [1.807, 2.05) is 66.9 Å². The van der Waals surface area contributed by atoms with E-state index in [4.69, 9.17) is 19.8 Å². The topological polar surface area (TPSA) is 106 Å². The Balaban J connectivity index is 1.49. The lowest BCUT2D eigenvalue weighted by atomic mass is 10.1. The van der Waals surface area contributed by atoms with Crippen molar-refractivity contribution in [2.24, 2.45) is 0 Å². The van der Waals surface area contributed by atoms with Gasteiger partial charge in [0.2, 0.25) is 0 Å². The number of aromatic nitrogens is 2. The van der Waals surface area contributed by atoms with E-state index in [1.54, 1.807) is 29.3 Å². The first-order valence-electron chi connectivity index (χ1n) is 10.5. The van der Waals surface area contributed by atoms with Crippen LogP contribution in [0.3, 0.4) is 0 Å². The molecule has 9 heteroatoms. The summed E-state index contributed by atoms with van der Waals surface area (Å²) in [7, 11) is 1.60. The Morgan fingerprint density at radius 2 is 1.91 bits per heavy atom. The first-order chi connectivity index (χ1) is 17.1. The van der Waals surface area contributed by atoms with Crippen LogP contribution in [0.1, 0.15) is 11.1 Å². The van der Waals surface area contributed by atoms with Gasteiger partial charge in [-0.2, -0.15) is 10.4 Å². The molecule has 0 spiro atoms. The number of nitrogens with one attached hydrogen (secondary N) is 1. The van der Waals surface area contributed by atoms with Crippen molar-refractivity contribution in [3.63, 3.8) is 0 Å². The Kier molecular flexibility index (Phi) is 7.35. The van der Waals surface area contributed by atoms with Crippen LogP contribution in [0.4, 0.5) is 5.00 Å². The lowest BCUT2D eigenvalue weighted by Gasteiger charge is -2.04. The van der Waals surface area contributed by atoms with Gasteiger partial charge in [-0.15, -0.1) is 11.3 Å². The number of rotatable bonds is 8. The third-order valence-electron chi connectivity index (χ3n) is 4.91. The van der Waals surface area contributed by atoms with Crippen LogP contribution < -0.4 is 10.1 Å². The number of para-hydroxylation sites is 1. The minimum atomic E-state index is -0.681. The van der Waals surface area contributed by atoms with Gasteiger partial charge in [0.15, 0.2) is 6.61 Å². The van der Waals surface area contributed by atoms with Gasteiger partial charge in [0.25, 0.3) is 5.91 Å². The lowest BCUT2D eigenvalue weighted by Crippen LogP contribution is -2.20. The molecule has 0 bridgehead atoms. The molecule has 0 fully saturated rings. The average molecular weight is 485 g/mol. The quantitative estimate of drug-likeness (QED) is 0.288. The average Bonchev–Trinajstić information content (AvgIpc) is 3.53. The van der Waals surface area contributed by atoms with Crippen LogP contribution >= 0.6 is 11.3 Å². The summed E-state index contributed by atoms with van der Waals surface area (Å²) in [5.74, 6) is -0.485. The first-order valence-corrected chi connectivity index (χ1v) is 11.4. The predicted molar refractivity (Wildman–Crippen MR) is 133 cm³/mol. The highest BCUT2D eigenvalue weighted by molar-refractivity contribution is 7.14. The number of ether oxygens (including phenoxy) is 2. The molecule has 2 aromatic carbocycles. The van der Waals surface area contributed by atoms with Crippen molar-refractivity contribution in [2.45, 2.75) is 0 Å². The number of carbonyl (C=O) groups excluding carboxylic acids is 2. The van der Waals surface area contributed by atoms with E-state index in [-0.39, 0.29) is 0 Å². The third kappa shape index (κ3) is 5.82. The van der Waals surface area contributed by atoms with Crippen LogP contribution in [0.5, 0.6) is 5.75 Å². The number of nitriles is 1. The van der Waals surface area contributed by atoms with E-state index in [0.717, 1.165) is 17.0 Å². The molecule has 1 N–H and O–H groups in total. The zero-order chi connectivity index (χ0) is 24.6. The number of benzene rings is 2. The van der Waals surface area contributed by atoms with Crippen LogP contribution in [-0.4, -0.2) is 35.4 Å². The summed E-state index contributed by atoms with van der Waals surface area (Å²) < 4.78 is 12.0. The first kappa shape index (κ1) is 23.5. The van der Waals surface area contributed by atoms with E-state index in [1.165, 1.54) is 17.4 Å². The predicted octanol–water partition coefficient (Wildman–Crippen LogP) is 4.68. The van der Waals surface area contributed by atoms with Crippen molar-refractivity contribution in [1.29, 1.82) is 5.26 Å². The lowest BCUT2D eigenvalue weighted by molar-refractivity contribution is -0.142. The maximum absolute atomic E-state index is 12.3. The SMILES string of the molecule is COc1ccc(-c2nn(-c3ccccc3)cc2/C=C/C(=O)OCC(=O)Nc2sccc2C#N)cc1. The number of hydrogen-bond acceptors (Lipinski definition) is 7. The highest BCUT2D eigenvalue weighted by Crippen LogP contribution is 2.27. The van der Waals surface area contributed by atoms with Crippen LogP contribution in [0.25, 0.3) is 23.0 Å². The molecule has 0 saturated heterocycles. The fraction of sp³-hybridized carbons (Fsp3) is 0.0769. The largest absolute Gasteiger partial charge is 0.497 e. The Morgan fingerprint density at radius 1 is 1.14 bits per heavy atom. The molecule has 0 aliphatic rings. The molecule has 4 aromatic rings. The molecule has 35 heavy (non-hydrogen) atoms. The minimum Gasteiger partial charge on any atom is -0.497 e. The summed E-state index contributed by atoms with van der Waals surface area (Å²) in [4.78, 5) is 24.3. The van der Waals surface area contributed by atoms with E-state index in [2.05, 4.69) is 5.32 Å². The summed E-state index contributed by atoms with van der Waals surface area (Å²) in [6.07, 6.45) is 4.66. The summed E-state index contributed by atoms with van der Waals surface area (Å²) >= 11 is 1.22. The van der Waals surface area contributed by atoms with Crippen LogP contribution in [0.2, 0.25) is 0 Å². The minimum absolute atomic E-state index is 0.357. The van der Waals surface area contributed by atoms with Crippen molar-refractivity contribution in [2.75, 3.05) is 19.0 Å². The molecule has 2 aromatic heterocycles. The van der Waals surface area contributed by atoms with Gasteiger partial charge in [0, 0.05) is 23.4 Å². The third-order valence-corrected chi connectivity index (χ3v) is 5.74. The molecule has 8 nitrogen and oxygen atoms in total. The molecular formula is C26H20N4O4S. The van der Waals surface area contributed by atoms with Gasteiger partial charge in [-0.25, -0.2) is 9.48 Å². The number of amides is 1. The van der Waals surface area contributed by atoms with Crippen LogP contribution in [-0.2, 0) is 14.3 Å². The Labute approximate surface area is 205 Å². The highest BCUT2D eigenvalue weighted by Gasteiger charge is 2.13. The molecule has 4 rings (SSSR count). The second kappa shape index (κ2) is 11.0. The number of esters is 1. The van der Waals surface area contributed by atoms with E-state index in [0.29, 0.717) is 21.8 Å². The molecule has 2 heterocycles. The van der Waals surface area contributed by atoms with Gasteiger partial charge < -0.3 is 14.8 Å². The van der Waals surface area contributed by atoms with Crippen molar-refractivity contribution in [1.82, 2.24) is 9.78 Å². The van der Waals surface area contributed by atoms with Gasteiger partial charge in [0.05, 0.1) is 24.1 Å². The fourth-order valence-electron chi connectivity index (χ4n) is 3.19. The molecule has 0 atom stereocenters. The molecule has 1 amide bonds. The van der Waals surface area contributed by atoms with E-state index in [9.17, 15) is 9.59 Å². The monoisotopic (exact) mass is 484 g/mol. The summed E-state index contributed by atoms with van der Waals surface area (Å²) in [5, 5.41) is 18.4. The number of methoxy groups -OCH3 is 1. The number of thiophene rings is 1. The van der Waals surface area contributed by atoms with Gasteiger partial charge in [-0.3, -0.25) is 4.79 Å². The smallest absolute Gasteiger partial charge is 0.331 e. The van der Waals surface area contributed by atoms with Crippen molar-refractivity contribution >= 4 is 34.3 Å². The van der Waals surface area contributed by atoms with Gasteiger partial charge in [0.1, 0.15) is 16.8 Å². The Bertz CT molecular complexity index is 1400. The number of hydrogen-bond donors (Lipinski definition) is 1. The second-order valence-corrected chi connectivity index (χ2v) is 8.12. The molecule has 174 valence electrons. The standard InChI is InChI=1S/C26H20N4O4S/c1-33-22-10-7-18(8-11-22)25-20(16-30(29-25)21-5-3-2-4-6-21)9-12-24(32)34-17-23(31)28-26-19(15-27)13-14-35-26/h2-14,16H,17H2,1H3,(H,28,31)/b12-9+. The van der Waals surface area contributed by atoms with Crippen molar-refractivity contribution < 1.29 is 19.1 Å². The normalized spacial score (nSPS) is 10.6. The Hall–Kier alpha value is -4.68. The molecule has 0 radical (unpaired) electrons. The molecular weight excluding hydrogens is 464 g/mol. The fourth-order valence-corrected chi connectivity index (χ4v) is 3.95. The highest BCUT2D eigenvalue weighted by atomic mass is 32.1.